The monoisotopic (exact) mass is 290 g/mol. The Bertz CT molecular complexity index is 650. The molecule has 0 heterocycles. The van der Waals surface area contributed by atoms with Crippen LogP contribution in [0.25, 0.3) is 0 Å². The zero-order valence-corrected chi connectivity index (χ0v) is 11.5. The van der Waals surface area contributed by atoms with Gasteiger partial charge in [0, 0.05) is 37.2 Å². The molecule has 0 fully saturated rings. The summed E-state index contributed by atoms with van der Waals surface area (Å²) in [6, 6.07) is 3.60. The van der Waals surface area contributed by atoms with E-state index in [1.165, 1.54) is 32.3 Å². The van der Waals surface area contributed by atoms with Crippen LogP contribution >= 0.6 is 0 Å². The molecular formula is C13H14N4O4. The molecule has 0 saturated heterocycles. The molecule has 0 unspecified atom stereocenters. The Hall–Kier alpha value is -3.03. The number of nitrogens with one attached hydrogen (secondary N) is 1. The highest BCUT2D eigenvalue weighted by atomic mass is 16.6. The predicted molar refractivity (Wildman–Crippen MR) is 78.4 cm³/mol. The smallest absolute Gasteiger partial charge is 0.270 e. The number of aliphatic imine (C=N–C) groups is 1. The van der Waals surface area contributed by atoms with Crippen molar-refractivity contribution in [3.63, 3.8) is 0 Å². The third-order valence-electron chi connectivity index (χ3n) is 2.55. The SMILES string of the molecule is CN=C/C(=C\N)C(=O)Nc1ccc([N+](=O)[O-])cc1C(C)=O. The van der Waals surface area contributed by atoms with Gasteiger partial charge in [-0.1, -0.05) is 0 Å². The van der Waals surface area contributed by atoms with E-state index in [0.717, 1.165) is 12.3 Å². The van der Waals surface area contributed by atoms with Gasteiger partial charge >= 0.3 is 0 Å². The number of carbonyl (C=O) groups is 2. The molecular weight excluding hydrogens is 276 g/mol. The van der Waals surface area contributed by atoms with Gasteiger partial charge in [0.25, 0.3) is 11.6 Å². The van der Waals surface area contributed by atoms with E-state index in [1.807, 2.05) is 0 Å². The first-order valence-corrected chi connectivity index (χ1v) is 5.85. The van der Waals surface area contributed by atoms with Crippen LogP contribution in [0.2, 0.25) is 0 Å². The van der Waals surface area contributed by atoms with Crippen LogP contribution in [0.5, 0.6) is 0 Å². The van der Waals surface area contributed by atoms with Crippen molar-refractivity contribution in [3.05, 3.63) is 45.6 Å². The molecule has 21 heavy (non-hydrogen) atoms. The number of nitro benzene ring substituents is 1. The summed E-state index contributed by atoms with van der Waals surface area (Å²) >= 11 is 0. The highest BCUT2D eigenvalue weighted by Crippen LogP contribution is 2.23. The summed E-state index contributed by atoms with van der Waals surface area (Å²) in [7, 11) is 1.48. The molecule has 0 aliphatic rings. The fourth-order valence-corrected chi connectivity index (χ4v) is 1.56. The average molecular weight is 290 g/mol. The fraction of sp³-hybridized carbons (Fsp3) is 0.154. The van der Waals surface area contributed by atoms with E-state index >= 15 is 0 Å². The first-order valence-electron chi connectivity index (χ1n) is 5.85. The number of hydrogen-bond acceptors (Lipinski definition) is 6. The lowest BCUT2D eigenvalue weighted by Crippen LogP contribution is -2.18. The number of Topliss-reactive ketones (excluding diaryl/α,β-unsaturated/α-hetero) is 1. The number of rotatable bonds is 5. The van der Waals surface area contributed by atoms with Crippen LogP contribution < -0.4 is 11.1 Å². The molecule has 8 nitrogen and oxygen atoms in total. The van der Waals surface area contributed by atoms with Crippen LogP contribution in [0.4, 0.5) is 11.4 Å². The summed E-state index contributed by atoms with van der Waals surface area (Å²) in [6.45, 7) is 1.25. The van der Waals surface area contributed by atoms with Crippen molar-refractivity contribution in [2.75, 3.05) is 12.4 Å². The Morgan fingerprint density at radius 2 is 2.10 bits per heavy atom. The molecule has 110 valence electrons. The molecule has 1 rings (SSSR count). The number of hydrogen-bond donors (Lipinski definition) is 2. The molecule has 0 bridgehead atoms. The molecule has 1 aromatic rings. The molecule has 0 aliphatic carbocycles. The summed E-state index contributed by atoms with van der Waals surface area (Å²) in [5.41, 5.74) is 5.39. The zero-order valence-electron chi connectivity index (χ0n) is 11.5. The highest BCUT2D eigenvalue weighted by molar-refractivity contribution is 6.19. The van der Waals surface area contributed by atoms with E-state index in [0.29, 0.717) is 0 Å². The number of nitrogens with zero attached hydrogens (tertiary/aromatic N) is 2. The Morgan fingerprint density at radius 1 is 1.43 bits per heavy atom. The summed E-state index contributed by atoms with van der Waals surface area (Å²) in [5, 5.41) is 13.2. The van der Waals surface area contributed by atoms with Crippen LogP contribution in [-0.2, 0) is 4.79 Å². The van der Waals surface area contributed by atoms with Gasteiger partial charge in [-0.25, -0.2) is 0 Å². The first-order chi connectivity index (χ1) is 9.90. The first kappa shape index (κ1) is 16.0. The van der Waals surface area contributed by atoms with Gasteiger partial charge in [-0.05, 0) is 13.0 Å². The van der Waals surface area contributed by atoms with Gasteiger partial charge in [0.05, 0.1) is 16.2 Å². The van der Waals surface area contributed by atoms with Crippen LogP contribution in [-0.4, -0.2) is 29.9 Å². The molecule has 3 N–H and O–H groups in total. The second kappa shape index (κ2) is 6.94. The second-order valence-electron chi connectivity index (χ2n) is 4.01. The van der Waals surface area contributed by atoms with Crippen molar-refractivity contribution in [2.45, 2.75) is 6.92 Å². The maximum Gasteiger partial charge on any atom is 0.270 e. The van der Waals surface area contributed by atoms with Crippen molar-refractivity contribution in [3.8, 4) is 0 Å². The van der Waals surface area contributed by atoms with E-state index in [9.17, 15) is 19.7 Å². The van der Waals surface area contributed by atoms with Crippen LogP contribution in [0.15, 0.2) is 35.0 Å². The number of nitrogens with two attached hydrogens (primary N) is 1. The van der Waals surface area contributed by atoms with Gasteiger partial charge in [-0.3, -0.25) is 24.7 Å². The molecule has 1 aromatic carbocycles. The summed E-state index contributed by atoms with van der Waals surface area (Å²) in [6.07, 6.45) is 2.33. The maximum atomic E-state index is 11.9. The minimum absolute atomic E-state index is 0.0439. The van der Waals surface area contributed by atoms with Crippen molar-refractivity contribution >= 4 is 29.3 Å². The molecule has 0 saturated carbocycles. The third kappa shape index (κ3) is 3.96. The van der Waals surface area contributed by atoms with Crippen molar-refractivity contribution in [2.24, 2.45) is 10.7 Å². The molecule has 1 amide bonds. The topological polar surface area (TPSA) is 128 Å². The zero-order chi connectivity index (χ0) is 16.0. The minimum atomic E-state index is -0.618. The van der Waals surface area contributed by atoms with Crippen LogP contribution in [0.1, 0.15) is 17.3 Å². The predicted octanol–water partition coefficient (Wildman–Crippen LogP) is 1.28. The molecule has 0 radical (unpaired) electrons. The maximum absolute atomic E-state index is 11.9. The van der Waals surface area contributed by atoms with Crippen LogP contribution in [0.3, 0.4) is 0 Å². The van der Waals surface area contributed by atoms with Crippen LogP contribution in [0, 0.1) is 10.1 Å². The van der Waals surface area contributed by atoms with Gasteiger partial charge in [0.1, 0.15) is 0 Å². The standard InChI is InChI=1S/C13H14N4O4/c1-8(18)11-5-10(17(20)21)3-4-12(11)16-13(19)9(6-14)7-15-2/h3-7H,14H2,1-2H3,(H,16,19)/b9-6+,15-7?. The largest absolute Gasteiger partial charge is 0.404 e. The normalized spacial score (nSPS) is 11.4. The lowest BCUT2D eigenvalue weighted by atomic mass is 10.1. The number of carbonyl (C=O) groups excluding carboxylic acids is 2. The lowest BCUT2D eigenvalue weighted by Gasteiger charge is -2.09. The quantitative estimate of drug-likeness (QED) is 0.277. The summed E-state index contributed by atoms with van der Waals surface area (Å²) in [5.74, 6) is -0.976. The molecule has 0 aliphatic heterocycles. The fourth-order valence-electron chi connectivity index (χ4n) is 1.56. The van der Waals surface area contributed by atoms with Gasteiger partial charge < -0.3 is 11.1 Å². The van der Waals surface area contributed by atoms with E-state index in [2.05, 4.69) is 10.3 Å². The van der Waals surface area contributed by atoms with Gasteiger partial charge in [0.2, 0.25) is 0 Å². The second-order valence-corrected chi connectivity index (χ2v) is 4.01. The highest BCUT2D eigenvalue weighted by Gasteiger charge is 2.16. The van der Waals surface area contributed by atoms with E-state index in [-0.39, 0.29) is 22.5 Å². The minimum Gasteiger partial charge on any atom is -0.404 e. The number of anilines is 1. The van der Waals surface area contributed by atoms with E-state index in [4.69, 9.17) is 5.73 Å². The number of nitro groups is 1. The van der Waals surface area contributed by atoms with Crippen molar-refractivity contribution in [1.29, 1.82) is 0 Å². The van der Waals surface area contributed by atoms with E-state index < -0.39 is 16.6 Å². The molecule has 8 heteroatoms. The van der Waals surface area contributed by atoms with E-state index in [1.54, 1.807) is 0 Å². The Kier molecular flexibility index (Phi) is 5.30. The molecule has 0 spiro atoms. The van der Waals surface area contributed by atoms with Crippen molar-refractivity contribution < 1.29 is 14.5 Å². The summed E-state index contributed by atoms with van der Waals surface area (Å²) in [4.78, 5) is 37.2. The Morgan fingerprint density at radius 3 is 2.57 bits per heavy atom. The molecule has 0 aromatic heterocycles. The van der Waals surface area contributed by atoms with Gasteiger partial charge in [-0.15, -0.1) is 0 Å². The van der Waals surface area contributed by atoms with Gasteiger partial charge in [0.15, 0.2) is 5.78 Å². The molecule has 0 atom stereocenters. The Balaban J connectivity index is 3.17. The number of amides is 1. The average Bonchev–Trinajstić information content (AvgIpc) is 2.44. The number of ketones is 1. The lowest BCUT2D eigenvalue weighted by molar-refractivity contribution is -0.384. The third-order valence-corrected chi connectivity index (χ3v) is 2.55. The van der Waals surface area contributed by atoms with Crippen molar-refractivity contribution in [1.82, 2.24) is 0 Å². The Labute approximate surface area is 120 Å². The summed E-state index contributed by atoms with van der Waals surface area (Å²) < 4.78 is 0. The van der Waals surface area contributed by atoms with Gasteiger partial charge in [-0.2, -0.15) is 0 Å². The number of benzene rings is 1. The number of non-ortho nitro benzene ring substituents is 1.